The first-order valence-electron chi connectivity index (χ1n) is 6.45. The third-order valence-corrected chi connectivity index (χ3v) is 3.29. The van der Waals surface area contributed by atoms with Crippen LogP contribution in [-0.4, -0.2) is 49.2 Å². The molecule has 1 aliphatic rings. The molecule has 0 radical (unpaired) electrons. The quantitative estimate of drug-likeness (QED) is 0.506. The molecule has 1 rings (SSSR count). The highest BCUT2D eigenvalue weighted by Gasteiger charge is 2.52. The van der Waals surface area contributed by atoms with Gasteiger partial charge >= 0.3 is 0 Å². The summed E-state index contributed by atoms with van der Waals surface area (Å²) in [7, 11) is 1.58. The van der Waals surface area contributed by atoms with E-state index in [1.165, 1.54) is 0 Å². The molecule has 0 aromatic heterocycles. The summed E-state index contributed by atoms with van der Waals surface area (Å²) in [6, 6.07) is 0. The third-order valence-electron chi connectivity index (χ3n) is 3.29. The lowest BCUT2D eigenvalue weighted by atomic mass is 9.90. The van der Waals surface area contributed by atoms with Crippen molar-refractivity contribution in [2.24, 2.45) is 0 Å². The molecule has 18 heavy (non-hydrogen) atoms. The van der Waals surface area contributed by atoms with E-state index in [0.29, 0.717) is 13.0 Å². The molecule has 5 nitrogen and oxygen atoms in total. The van der Waals surface area contributed by atoms with E-state index in [-0.39, 0.29) is 24.8 Å². The molecule has 0 aromatic carbocycles. The highest BCUT2D eigenvalue weighted by molar-refractivity contribution is 5.00. The Morgan fingerprint density at radius 2 is 2.00 bits per heavy atom. The van der Waals surface area contributed by atoms with E-state index in [4.69, 9.17) is 18.9 Å². The van der Waals surface area contributed by atoms with Gasteiger partial charge in [-0.15, -0.1) is 0 Å². The minimum absolute atomic E-state index is 0.140. The van der Waals surface area contributed by atoms with Gasteiger partial charge in [0, 0.05) is 13.5 Å². The molecule has 1 fully saturated rings. The van der Waals surface area contributed by atoms with Crippen molar-refractivity contribution in [1.29, 1.82) is 0 Å². The fourth-order valence-corrected chi connectivity index (χ4v) is 1.85. The molecule has 5 heteroatoms. The summed E-state index contributed by atoms with van der Waals surface area (Å²) in [5, 5.41) is 9.93. The predicted octanol–water partition coefficient (Wildman–Crippen LogP) is 1.68. The molecule has 1 heterocycles. The Bertz CT molecular complexity index is 244. The number of hydrogen-bond acceptors (Lipinski definition) is 5. The summed E-state index contributed by atoms with van der Waals surface area (Å²) in [4.78, 5) is 0. The Morgan fingerprint density at radius 1 is 1.39 bits per heavy atom. The maximum absolute atomic E-state index is 9.93. The van der Waals surface area contributed by atoms with Crippen molar-refractivity contribution in [2.75, 3.05) is 20.5 Å². The highest BCUT2D eigenvalue weighted by Crippen LogP contribution is 2.39. The zero-order valence-electron chi connectivity index (χ0n) is 12.1. The van der Waals surface area contributed by atoms with Gasteiger partial charge in [0.2, 0.25) is 0 Å². The molecule has 1 saturated heterocycles. The molecule has 0 aliphatic carbocycles. The molecule has 0 bridgehead atoms. The van der Waals surface area contributed by atoms with Gasteiger partial charge in [0.25, 0.3) is 0 Å². The van der Waals surface area contributed by atoms with Gasteiger partial charge in [0.05, 0.1) is 18.3 Å². The van der Waals surface area contributed by atoms with Crippen LogP contribution >= 0.6 is 0 Å². The van der Waals surface area contributed by atoms with E-state index in [2.05, 4.69) is 6.92 Å². The lowest BCUT2D eigenvalue weighted by Crippen LogP contribution is -2.39. The van der Waals surface area contributed by atoms with Gasteiger partial charge < -0.3 is 24.1 Å². The number of hydrogen-bond donors (Lipinski definition) is 1. The summed E-state index contributed by atoms with van der Waals surface area (Å²) >= 11 is 0. The molecule has 3 atom stereocenters. The molecule has 0 spiro atoms. The fourth-order valence-electron chi connectivity index (χ4n) is 1.85. The number of aliphatic hydroxyl groups is 1. The van der Waals surface area contributed by atoms with Crippen LogP contribution in [0.3, 0.4) is 0 Å². The van der Waals surface area contributed by atoms with Crippen LogP contribution in [0.1, 0.15) is 40.5 Å². The van der Waals surface area contributed by atoms with Gasteiger partial charge in [0.15, 0.2) is 6.29 Å². The second-order valence-electron chi connectivity index (χ2n) is 5.47. The Kier molecular flexibility index (Phi) is 5.55. The zero-order valence-corrected chi connectivity index (χ0v) is 12.1. The Labute approximate surface area is 109 Å². The Balaban J connectivity index is 2.46. The number of rotatable bonds is 9. The van der Waals surface area contributed by atoms with E-state index >= 15 is 0 Å². The van der Waals surface area contributed by atoms with Crippen LogP contribution in [-0.2, 0) is 18.9 Å². The van der Waals surface area contributed by atoms with Crippen LogP contribution in [0.15, 0.2) is 0 Å². The maximum atomic E-state index is 9.93. The third kappa shape index (κ3) is 4.82. The van der Waals surface area contributed by atoms with Gasteiger partial charge in [-0.2, -0.15) is 0 Å². The van der Waals surface area contributed by atoms with Crippen LogP contribution in [0, 0.1) is 0 Å². The molecular formula is C13H26O5. The molecule has 0 aromatic rings. The van der Waals surface area contributed by atoms with E-state index in [9.17, 15) is 5.11 Å². The topological polar surface area (TPSA) is 60.5 Å². The average molecular weight is 262 g/mol. The first-order chi connectivity index (χ1) is 8.33. The number of ether oxygens (including phenoxy) is 4. The molecule has 0 amide bonds. The lowest BCUT2D eigenvalue weighted by Gasteiger charge is -2.29. The summed E-state index contributed by atoms with van der Waals surface area (Å²) in [5.41, 5.74) is -1.04. The Morgan fingerprint density at radius 3 is 2.39 bits per heavy atom. The van der Waals surface area contributed by atoms with Gasteiger partial charge in [-0.25, -0.2) is 0 Å². The first-order valence-corrected chi connectivity index (χ1v) is 6.45. The van der Waals surface area contributed by atoms with Crippen molar-refractivity contribution >= 4 is 0 Å². The smallest absolute Gasteiger partial charge is 0.157 e. The van der Waals surface area contributed by atoms with Crippen molar-refractivity contribution in [1.82, 2.24) is 0 Å². The van der Waals surface area contributed by atoms with Gasteiger partial charge in [-0.05, 0) is 27.2 Å². The van der Waals surface area contributed by atoms with Crippen LogP contribution in [0.2, 0.25) is 0 Å². The summed E-state index contributed by atoms with van der Waals surface area (Å²) in [6.45, 7) is 8.23. The first kappa shape index (κ1) is 15.9. The largest absolute Gasteiger partial charge is 0.390 e. The van der Waals surface area contributed by atoms with Crippen LogP contribution in [0.4, 0.5) is 0 Å². The van der Waals surface area contributed by atoms with Gasteiger partial charge in [-0.1, -0.05) is 6.92 Å². The van der Waals surface area contributed by atoms with Crippen LogP contribution in [0.25, 0.3) is 0 Å². The second kappa shape index (κ2) is 6.30. The predicted molar refractivity (Wildman–Crippen MR) is 67.2 cm³/mol. The minimum Gasteiger partial charge on any atom is -0.390 e. The standard InChI is InChI=1S/C13H26O5/c1-6-13(8-18-13)11(7-12(3,4)14)17-9-16-10(2)15-5/h10-11,14H,6-9H2,1-5H3. The molecule has 3 unspecified atom stereocenters. The monoisotopic (exact) mass is 262 g/mol. The number of methoxy groups -OCH3 is 1. The van der Waals surface area contributed by atoms with Gasteiger partial charge in [-0.3, -0.25) is 0 Å². The fraction of sp³-hybridized carbons (Fsp3) is 1.00. The van der Waals surface area contributed by atoms with E-state index in [0.717, 1.165) is 6.42 Å². The van der Waals surface area contributed by atoms with Crippen molar-refractivity contribution in [3.8, 4) is 0 Å². The minimum atomic E-state index is -0.786. The number of epoxide rings is 1. The van der Waals surface area contributed by atoms with E-state index in [1.807, 2.05) is 0 Å². The summed E-state index contributed by atoms with van der Waals surface area (Å²) in [5.74, 6) is 0. The molecule has 1 N–H and O–H groups in total. The zero-order chi connectivity index (χ0) is 13.8. The van der Waals surface area contributed by atoms with E-state index < -0.39 is 5.60 Å². The SMILES string of the molecule is CCC1(C(CC(C)(C)O)OCOC(C)OC)CO1. The van der Waals surface area contributed by atoms with Crippen molar-refractivity contribution < 1.29 is 24.1 Å². The second-order valence-corrected chi connectivity index (χ2v) is 5.47. The van der Waals surface area contributed by atoms with Crippen molar-refractivity contribution in [2.45, 2.75) is 64.1 Å². The van der Waals surface area contributed by atoms with E-state index in [1.54, 1.807) is 27.9 Å². The highest BCUT2D eigenvalue weighted by atomic mass is 16.8. The summed E-state index contributed by atoms with van der Waals surface area (Å²) < 4.78 is 21.5. The van der Waals surface area contributed by atoms with Crippen LogP contribution in [0.5, 0.6) is 0 Å². The molecule has 108 valence electrons. The molecular weight excluding hydrogens is 236 g/mol. The van der Waals surface area contributed by atoms with Crippen molar-refractivity contribution in [3.63, 3.8) is 0 Å². The van der Waals surface area contributed by atoms with Crippen molar-refractivity contribution in [3.05, 3.63) is 0 Å². The normalized spacial score (nSPS) is 27.0. The van der Waals surface area contributed by atoms with Gasteiger partial charge in [0.1, 0.15) is 12.4 Å². The average Bonchev–Trinajstić information content (AvgIpc) is 3.06. The lowest BCUT2D eigenvalue weighted by molar-refractivity contribution is -0.201. The molecule has 0 saturated carbocycles. The maximum Gasteiger partial charge on any atom is 0.157 e. The molecule has 1 aliphatic heterocycles. The summed E-state index contributed by atoms with van der Waals surface area (Å²) in [6.07, 6.45) is 0.927. The Hall–Kier alpha value is -0.200. The van der Waals surface area contributed by atoms with Crippen LogP contribution < -0.4 is 0 Å².